The average Bonchev–Trinajstić information content (AvgIpc) is 2.00. The van der Waals surface area contributed by atoms with E-state index >= 15 is 0 Å². The zero-order valence-electron chi connectivity index (χ0n) is 7.63. The van der Waals surface area contributed by atoms with E-state index < -0.39 is 23.5 Å². The van der Waals surface area contributed by atoms with Gasteiger partial charge in [0, 0.05) is 6.07 Å². The fourth-order valence-electron chi connectivity index (χ4n) is 1.24. The molecule has 0 bridgehead atoms. The van der Waals surface area contributed by atoms with E-state index in [0.29, 0.717) is 5.56 Å². The van der Waals surface area contributed by atoms with Crippen LogP contribution in [0.5, 0.6) is 0 Å². The predicted octanol–water partition coefficient (Wildman–Crippen LogP) is 2.54. The number of rotatable bonds is 3. The van der Waals surface area contributed by atoms with Gasteiger partial charge in [-0.25, -0.2) is 8.78 Å². The average molecular weight is 200 g/mol. The lowest BCUT2D eigenvalue weighted by atomic mass is 9.98. The molecule has 0 aliphatic rings. The summed E-state index contributed by atoms with van der Waals surface area (Å²) in [5.74, 6) is -2.74. The molecule has 0 spiro atoms. The van der Waals surface area contributed by atoms with E-state index in [-0.39, 0.29) is 6.42 Å². The van der Waals surface area contributed by atoms with Crippen molar-refractivity contribution in [3.63, 3.8) is 0 Å². The highest BCUT2D eigenvalue weighted by atomic mass is 19.1. The van der Waals surface area contributed by atoms with Crippen LogP contribution in [0.25, 0.3) is 0 Å². The van der Waals surface area contributed by atoms with Crippen LogP contribution in [-0.4, -0.2) is 11.1 Å². The number of halogens is 2. The summed E-state index contributed by atoms with van der Waals surface area (Å²) in [6.07, 6.45) is -0.136. The summed E-state index contributed by atoms with van der Waals surface area (Å²) in [7, 11) is 0. The first-order chi connectivity index (χ1) is 6.49. The fraction of sp³-hybridized carbons (Fsp3) is 0.300. The van der Waals surface area contributed by atoms with Crippen molar-refractivity contribution in [3.05, 3.63) is 35.4 Å². The Morgan fingerprint density at radius 1 is 1.36 bits per heavy atom. The van der Waals surface area contributed by atoms with Crippen LogP contribution in [0.4, 0.5) is 8.78 Å². The van der Waals surface area contributed by atoms with Crippen molar-refractivity contribution in [1.82, 2.24) is 0 Å². The van der Waals surface area contributed by atoms with Gasteiger partial charge >= 0.3 is 5.97 Å². The summed E-state index contributed by atoms with van der Waals surface area (Å²) in [5.41, 5.74) is 0.366. The highest BCUT2D eigenvalue weighted by Crippen LogP contribution is 2.20. The molecule has 0 aromatic heterocycles. The van der Waals surface area contributed by atoms with Crippen LogP contribution >= 0.6 is 0 Å². The van der Waals surface area contributed by atoms with E-state index in [1.165, 1.54) is 0 Å². The normalized spacial score (nSPS) is 12.5. The van der Waals surface area contributed by atoms with E-state index in [4.69, 9.17) is 5.11 Å². The first-order valence-electron chi connectivity index (χ1n) is 4.17. The van der Waals surface area contributed by atoms with Crippen LogP contribution in [0.3, 0.4) is 0 Å². The third-order valence-electron chi connectivity index (χ3n) is 1.93. The SMILES string of the molecule is C[C@@H](CC(=O)O)c1cc(F)cc(F)c1. The summed E-state index contributed by atoms with van der Waals surface area (Å²) in [6, 6.07) is 3.06. The van der Waals surface area contributed by atoms with Crippen LogP contribution in [0, 0.1) is 11.6 Å². The first-order valence-corrected chi connectivity index (χ1v) is 4.17. The molecular formula is C10H10F2O2. The van der Waals surface area contributed by atoms with Gasteiger partial charge in [-0.2, -0.15) is 0 Å². The lowest BCUT2D eigenvalue weighted by Gasteiger charge is -2.08. The maximum atomic E-state index is 12.7. The molecule has 1 aromatic rings. The Kier molecular flexibility index (Phi) is 3.17. The molecule has 0 saturated carbocycles. The molecule has 1 N–H and O–H groups in total. The molecule has 0 unspecified atom stereocenters. The Balaban J connectivity index is 2.89. The minimum absolute atomic E-state index is 0.136. The fourth-order valence-corrected chi connectivity index (χ4v) is 1.24. The highest BCUT2D eigenvalue weighted by Gasteiger charge is 2.12. The van der Waals surface area contributed by atoms with Gasteiger partial charge in [0.15, 0.2) is 0 Å². The number of hydrogen-bond acceptors (Lipinski definition) is 1. The molecule has 76 valence electrons. The molecule has 2 nitrogen and oxygen atoms in total. The van der Waals surface area contributed by atoms with E-state index in [9.17, 15) is 13.6 Å². The molecule has 1 rings (SSSR count). The second-order valence-corrected chi connectivity index (χ2v) is 3.20. The van der Waals surface area contributed by atoms with Crippen molar-refractivity contribution < 1.29 is 18.7 Å². The van der Waals surface area contributed by atoms with Crippen molar-refractivity contribution in [1.29, 1.82) is 0 Å². The molecule has 1 aromatic carbocycles. The monoisotopic (exact) mass is 200 g/mol. The molecule has 0 radical (unpaired) electrons. The van der Waals surface area contributed by atoms with Crippen molar-refractivity contribution in [3.8, 4) is 0 Å². The van der Waals surface area contributed by atoms with Gasteiger partial charge < -0.3 is 5.11 Å². The van der Waals surface area contributed by atoms with Crippen LogP contribution in [-0.2, 0) is 4.79 Å². The van der Waals surface area contributed by atoms with E-state index in [1.54, 1.807) is 6.92 Å². The molecule has 14 heavy (non-hydrogen) atoms. The molecule has 0 heterocycles. The van der Waals surface area contributed by atoms with Crippen molar-refractivity contribution in [2.24, 2.45) is 0 Å². The van der Waals surface area contributed by atoms with Crippen LogP contribution in [0.15, 0.2) is 18.2 Å². The van der Waals surface area contributed by atoms with Crippen LogP contribution < -0.4 is 0 Å². The number of benzene rings is 1. The van der Waals surface area contributed by atoms with Gasteiger partial charge in [0.2, 0.25) is 0 Å². The number of carbonyl (C=O) groups is 1. The Hall–Kier alpha value is -1.45. The number of carboxylic acids is 1. The second-order valence-electron chi connectivity index (χ2n) is 3.20. The molecule has 1 atom stereocenters. The van der Waals surface area contributed by atoms with Crippen molar-refractivity contribution in [2.45, 2.75) is 19.3 Å². The maximum absolute atomic E-state index is 12.7. The molecular weight excluding hydrogens is 190 g/mol. The minimum Gasteiger partial charge on any atom is -0.481 e. The molecule has 0 saturated heterocycles. The standard InChI is InChI=1S/C10H10F2O2/c1-6(2-10(13)14)7-3-8(11)5-9(12)4-7/h3-6H,2H2,1H3,(H,13,14)/t6-/m0/s1. The zero-order chi connectivity index (χ0) is 10.7. The number of carboxylic acid groups (broad SMARTS) is 1. The third-order valence-corrected chi connectivity index (χ3v) is 1.93. The van der Waals surface area contributed by atoms with E-state index in [2.05, 4.69) is 0 Å². The maximum Gasteiger partial charge on any atom is 0.303 e. The smallest absolute Gasteiger partial charge is 0.303 e. The summed E-state index contributed by atoms with van der Waals surface area (Å²) in [5, 5.41) is 8.50. The number of hydrogen-bond donors (Lipinski definition) is 1. The van der Waals surface area contributed by atoms with Gasteiger partial charge in [0.1, 0.15) is 11.6 Å². The topological polar surface area (TPSA) is 37.3 Å². The largest absolute Gasteiger partial charge is 0.481 e. The van der Waals surface area contributed by atoms with Gasteiger partial charge in [-0.3, -0.25) is 4.79 Å². The van der Waals surface area contributed by atoms with E-state index in [1.807, 2.05) is 0 Å². The first kappa shape index (κ1) is 10.6. The lowest BCUT2D eigenvalue weighted by Crippen LogP contribution is -2.03. The van der Waals surface area contributed by atoms with Crippen molar-refractivity contribution >= 4 is 5.97 Å². The van der Waals surface area contributed by atoms with Crippen molar-refractivity contribution in [2.75, 3.05) is 0 Å². The second kappa shape index (κ2) is 4.17. The quantitative estimate of drug-likeness (QED) is 0.814. The van der Waals surface area contributed by atoms with Crippen LogP contribution in [0.1, 0.15) is 24.8 Å². The highest BCUT2D eigenvalue weighted by molar-refractivity contribution is 5.67. The summed E-state index contributed by atoms with van der Waals surface area (Å²) in [6.45, 7) is 1.61. The Bertz CT molecular complexity index is 330. The Labute approximate surface area is 80.2 Å². The van der Waals surface area contributed by atoms with Crippen LogP contribution in [0.2, 0.25) is 0 Å². The molecule has 0 fully saturated rings. The summed E-state index contributed by atoms with van der Waals surface area (Å²) < 4.78 is 25.5. The van der Waals surface area contributed by atoms with Gasteiger partial charge in [0.25, 0.3) is 0 Å². The molecule has 0 aliphatic heterocycles. The van der Waals surface area contributed by atoms with E-state index in [0.717, 1.165) is 18.2 Å². The number of aliphatic carboxylic acids is 1. The Morgan fingerprint density at radius 2 is 1.86 bits per heavy atom. The Morgan fingerprint density at radius 3 is 2.29 bits per heavy atom. The van der Waals surface area contributed by atoms with Gasteiger partial charge in [-0.05, 0) is 23.6 Å². The third kappa shape index (κ3) is 2.80. The molecule has 0 aliphatic carbocycles. The molecule has 0 amide bonds. The minimum atomic E-state index is -0.984. The predicted molar refractivity (Wildman–Crippen MR) is 47.0 cm³/mol. The van der Waals surface area contributed by atoms with Gasteiger partial charge in [-0.15, -0.1) is 0 Å². The van der Waals surface area contributed by atoms with Gasteiger partial charge in [-0.1, -0.05) is 6.92 Å². The lowest BCUT2D eigenvalue weighted by molar-refractivity contribution is -0.137. The molecule has 4 heteroatoms. The summed E-state index contributed by atoms with van der Waals surface area (Å²) in [4.78, 5) is 10.4. The summed E-state index contributed by atoms with van der Waals surface area (Å²) >= 11 is 0. The van der Waals surface area contributed by atoms with Gasteiger partial charge in [0.05, 0.1) is 6.42 Å². The zero-order valence-corrected chi connectivity index (χ0v) is 7.63.